The molecule has 4 nitrogen and oxygen atoms in total. The van der Waals surface area contributed by atoms with Gasteiger partial charge in [0.15, 0.2) is 5.13 Å². The normalized spacial score (nSPS) is 16.8. The predicted molar refractivity (Wildman–Crippen MR) is 110 cm³/mol. The first kappa shape index (κ1) is 17.1. The van der Waals surface area contributed by atoms with E-state index < -0.39 is 5.95 Å². The third-order valence-corrected chi connectivity index (χ3v) is 6.25. The van der Waals surface area contributed by atoms with E-state index in [2.05, 4.69) is 22.0 Å². The molecule has 4 aromatic rings. The Balaban J connectivity index is 1.51. The van der Waals surface area contributed by atoms with Crippen LogP contribution < -0.4 is 4.90 Å². The van der Waals surface area contributed by atoms with Crippen molar-refractivity contribution in [2.45, 2.75) is 18.9 Å². The van der Waals surface area contributed by atoms with Gasteiger partial charge in [-0.2, -0.15) is 4.39 Å². The van der Waals surface area contributed by atoms with Gasteiger partial charge in [0.05, 0.1) is 16.3 Å². The third-order valence-electron chi connectivity index (χ3n) is 5.19. The van der Waals surface area contributed by atoms with Crippen LogP contribution in [0.4, 0.5) is 9.52 Å². The summed E-state index contributed by atoms with van der Waals surface area (Å²) >= 11 is 1.65. The summed E-state index contributed by atoms with van der Waals surface area (Å²) in [6.07, 6.45) is 3.62. The highest BCUT2D eigenvalue weighted by Gasteiger charge is 2.28. The lowest BCUT2D eigenvalue weighted by atomic mass is 10.0. The van der Waals surface area contributed by atoms with Crippen LogP contribution in [0.1, 0.15) is 24.4 Å². The number of phenolic OH excluding ortho intramolecular Hbond substituents is 1. The van der Waals surface area contributed by atoms with Gasteiger partial charge in [-0.25, -0.2) is 9.97 Å². The molecule has 5 rings (SSSR count). The summed E-state index contributed by atoms with van der Waals surface area (Å²) in [5, 5.41) is 10.8. The predicted octanol–water partition coefficient (Wildman–Crippen LogP) is 5.54. The first-order valence-corrected chi connectivity index (χ1v) is 10.1. The van der Waals surface area contributed by atoms with Crippen LogP contribution in [-0.2, 0) is 0 Å². The van der Waals surface area contributed by atoms with Gasteiger partial charge in [-0.05, 0) is 59.9 Å². The molecule has 140 valence electrons. The lowest BCUT2D eigenvalue weighted by Crippen LogP contribution is -2.22. The van der Waals surface area contributed by atoms with E-state index in [1.165, 1.54) is 12.3 Å². The molecule has 0 radical (unpaired) electrons. The van der Waals surface area contributed by atoms with Crippen LogP contribution in [0.3, 0.4) is 0 Å². The molecule has 1 aliphatic rings. The molecule has 1 N–H and O–H groups in total. The number of pyridine rings is 1. The fourth-order valence-electron chi connectivity index (χ4n) is 3.87. The highest BCUT2D eigenvalue weighted by atomic mass is 32.1. The number of nitrogens with zero attached hydrogens (tertiary/aromatic N) is 3. The molecule has 1 unspecified atom stereocenters. The van der Waals surface area contributed by atoms with Crippen LogP contribution >= 0.6 is 11.3 Å². The zero-order valence-electron chi connectivity index (χ0n) is 15.0. The summed E-state index contributed by atoms with van der Waals surface area (Å²) in [6.45, 7) is 0.947. The smallest absolute Gasteiger partial charge is 0.213 e. The van der Waals surface area contributed by atoms with Gasteiger partial charge in [0.2, 0.25) is 5.95 Å². The SMILES string of the molecule is Oc1cccc(C2CCCN2c2nc3ccc(-c4ccnc(F)c4)cc3s2)c1. The van der Waals surface area contributed by atoms with E-state index in [1.54, 1.807) is 17.4 Å². The first-order valence-electron chi connectivity index (χ1n) is 9.25. The number of hydrogen-bond donors (Lipinski definition) is 1. The zero-order chi connectivity index (χ0) is 19.1. The molecule has 0 saturated carbocycles. The summed E-state index contributed by atoms with van der Waals surface area (Å²) in [6, 6.07) is 17.0. The second kappa shape index (κ2) is 6.87. The Kier molecular flexibility index (Phi) is 4.20. The molecule has 6 heteroatoms. The Bertz CT molecular complexity index is 1160. The average Bonchev–Trinajstić information content (AvgIpc) is 3.34. The Labute approximate surface area is 165 Å². The van der Waals surface area contributed by atoms with Gasteiger partial charge in [0.1, 0.15) is 5.75 Å². The van der Waals surface area contributed by atoms with E-state index in [-0.39, 0.29) is 6.04 Å². The second-order valence-corrected chi connectivity index (χ2v) is 8.00. The van der Waals surface area contributed by atoms with Gasteiger partial charge >= 0.3 is 0 Å². The molecular weight excluding hydrogens is 373 g/mol. The molecule has 0 bridgehead atoms. The Morgan fingerprint density at radius 2 is 1.96 bits per heavy atom. The number of rotatable bonds is 3. The summed E-state index contributed by atoms with van der Waals surface area (Å²) in [4.78, 5) is 10.8. The number of hydrogen-bond acceptors (Lipinski definition) is 5. The number of thiazole rings is 1. The molecule has 0 aliphatic carbocycles. The van der Waals surface area contributed by atoms with E-state index in [4.69, 9.17) is 4.98 Å². The van der Waals surface area contributed by atoms with Crippen molar-refractivity contribution >= 4 is 26.7 Å². The monoisotopic (exact) mass is 391 g/mol. The quantitative estimate of drug-likeness (QED) is 0.466. The first-order chi connectivity index (χ1) is 13.7. The molecule has 1 atom stereocenters. The van der Waals surface area contributed by atoms with Gasteiger partial charge in [0, 0.05) is 18.8 Å². The maximum absolute atomic E-state index is 13.5. The van der Waals surface area contributed by atoms with Crippen LogP contribution in [0.2, 0.25) is 0 Å². The number of phenols is 1. The van der Waals surface area contributed by atoms with Crippen molar-refractivity contribution in [1.82, 2.24) is 9.97 Å². The maximum Gasteiger partial charge on any atom is 0.213 e. The minimum atomic E-state index is -0.478. The summed E-state index contributed by atoms with van der Waals surface area (Å²) < 4.78 is 14.5. The fourth-order valence-corrected chi connectivity index (χ4v) is 4.95. The van der Waals surface area contributed by atoms with Gasteiger partial charge in [0.25, 0.3) is 0 Å². The van der Waals surface area contributed by atoms with E-state index in [9.17, 15) is 9.50 Å². The molecule has 3 heterocycles. The fraction of sp³-hybridized carbons (Fsp3) is 0.182. The largest absolute Gasteiger partial charge is 0.508 e. The van der Waals surface area contributed by atoms with Crippen molar-refractivity contribution in [2.75, 3.05) is 11.4 Å². The lowest BCUT2D eigenvalue weighted by molar-refractivity contribution is 0.473. The highest BCUT2D eigenvalue weighted by Crippen LogP contribution is 2.41. The van der Waals surface area contributed by atoms with Gasteiger partial charge in [-0.1, -0.05) is 29.5 Å². The van der Waals surface area contributed by atoms with Crippen molar-refractivity contribution in [3.63, 3.8) is 0 Å². The van der Waals surface area contributed by atoms with Crippen molar-refractivity contribution < 1.29 is 9.50 Å². The number of fused-ring (bicyclic) bond motifs is 1. The van der Waals surface area contributed by atoms with E-state index in [0.717, 1.165) is 51.4 Å². The Morgan fingerprint density at radius 1 is 1.07 bits per heavy atom. The maximum atomic E-state index is 13.5. The van der Waals surface area contributed by atoms with E-state index in [1.807, 2.05) is 30.3 Å². The molecule has 0 spiro atoms. The van der Waals surface area contributed by atoms with Crippen molar-refractivity contribution in [3.8, 4) is 16.9 Å². The summed E-state index contributed by atoms with van der Waals surface area (Å²) in [5.41, 5.74) is 3.82. The molecular formula is C22H18FN3OS. The van der Waals surface area contributed by atoms with Gasteiger partial charge in [-0.15, -0.1) is 0 Å². The Morgan fingerprint density at radius 3 is 2.82 bits per heavy atom. The van der Waals surface area contributed by atoms with Crippen molar-refractivity contribution in [3.05, 3.63) is 72.3 Å². The topological polar surface area (TPSA) is 49.2 Å². The van der Waals surface area contributed by atoms with Gasteiger partial charge < -0.3 is 10.0 Å². The molecule has 28 heavy (non-hydrogen) atoms. The Hall–Kier alpha value is -2.99. The van der Waals surface area contributed by atoms with Crippen LogP contribution in [0.5, 0.6) is 5.75 Å². The number of halogens is 1. The van der Waals surface area contributed by atoms with Crippen molar-refractivity contribution in [1.29, 1.82) is 0 Å². The van der Waals surface area contributed by atoms with Crippen LogP contribution in [0.15, 0.2) is 60.8 Å². The number of benzene rings is 2. The van der Waals surface area contributed by atoms with Crippen LogP contribution in [0, 0.1) is 5.95 Å². The molecule has 2 aromatic heterocycles. The molecule has 1 aliphatic heterocycles. The molecule has 1 fully saturated rings. The number of aromatic nitrogens is 2. The van der Waals surface area contributed by atoms with E-state index in [0.29, 0.717) is 5.75 Å². The molecule has 2 aromatic carbocycles. The molecule has 0 amide bonds. The highest BCUT2D eigenvalue weighted by molar-refractivity contribution is 7.22. The van der Waals surface area contributed by atoms with Crippen LogP contribution in [0.25, 0.3) is 21.3 Å². The van der Waals surface area contributed by atoms with E-state index >= 15 is 0 Å². The minimum Gasteiger partial charge on any atom is -0.508 e. The standard InChI is InChI=1S/C22H18FN3OS/c23-21-13-15(8-9-24-21)14-6-7-18-20(12-14)28-22(25-18)26-10-2-5-19(26)16-3-1-4-17(27)11-16/h1,3-4,6-9,11-13,19,27H,2,5,10H2. The van der Waals surface area contributed by atoms with Gasteiger partial charge in [-0.3, -0.25) is 0 Å². The molecule has 1 saturated heterocycles. The number of anilines is 1. The second-order valence-electron chi connectivity index (χ2n) is 6.99. The minimum absolute atomic E-state index is 0.224. The van der Waals surface area contributed by atoms with Crippen molar-refractivity contribution in [2.24, 2.45) is 0 Å². The van der Waals surface area contributed by atoms with Crippen LogP contribution in [-0.4, -0.2) is 21.6 Å². The third kappa shape index (κ3) is 3.10. The summed E-state index contributed by atoms with van der Waals surface area (Å²) in [7, 11) is 0. The average molecular weight is 391 g/mol. The lowest BCUT2D eigenvalue weighted by Gasteiger charge is -2.24. The number of aromatic hydroxyl groups is 1. The summed E-state index contributed by atoms with van der Waals surface area (Å²) in [5.74, 6) is -0.184. The zero-order valence-corrected chi connectivity index (χ0v) is 15.9.